The second-order valence-corrected chi connectivity index (χ2v) is 8.83. The number of furan rings is 1. The quantitative estimate of drug-likeness (QED) is 0.559. The van der Waals surface area contributed by atoms with Gasteiger partial charge in [-0.1, -0.05) is 12.1 Å². The van der Waals surface area contributed by atoms with Crippen molar-refractivity contribution in [3.8, 4) is 0 Å². The summed E-state index contributed by atoms with van der Waals surface area (Å²) in [6, 6.07) is 10.2. The minimum absolute atomic E-state index is 0.140. The fourth-order valence-corrected chi connectivity index (χ4v) is 4.56. The van der Waals surface area contributed by atoms with E-state index in [0.717, 1.165) is 54.9 Å². The number of aryl methyl sites for hydroxylation is 1. The van der Waals surface area contributed by atoms with Gasteiger partial charge < -0.3 is 14.3 Å². The van der Waals surface area contributed by atoms with E-state index in [9.17, 15) is 9.18 Å². The molecule has 164 valence electrons. The standard InChI is InChI=1S/C22H26FN5O2S/c1-27-15-24-26-22(27)31-21-11-9-17(30-21)14-28-12-4-5-16(13-28)8-10-20(29)25-19-7-3-2-6-18(19)23/h2-3,6-7,9,11,15-16H,4-5,8,10,12-14H2,1H3,(H,25,29). The fourth-order valence-electron chi connectivity index (χ4n) is 3.81. The van der Waals surface area contributed by atoms with E-state index >= 15 is 0 Å². The van der Waals surface area contributed by atoms with E-state index in [4.69, 9.17) is 4.42 Å². The monoisotopic (exact) mass is 443 g/mol. The van der Waals surface area contributed by atoms with Crippen LogP contribution in [0.2, 0.25) is 0 Å². The predicted octanol–water partition coefficient (Wildman–Crippen LogP) is 4.33. The van der Waals surface area contributed by atoms with Gasteiger partial charge in [0.1, 0.15) is 17.9 Å². The lowest BCUT2D eigenvalue weighted by molar-refractivity contribution is -0.116. The summed E-state index contributed by atoms with van der Waals surface area (Å²) < 4.78 is 21.5. The smallest absolute Gasteiger partial charge is 0.224 e. The summed E-state index contributed by atoms with van der Waals surface area (Å²) in [5.74, 6) is 0.818. The topological polar surface area (TPSA) is 76.2 Å². The number of nitrogens with zero attached hydrogens (tertiary/aromatic N) is 4. The SMILES string of the molecule is Cn1cnnc1Sc1ccc(CN2CCCC(CCC(=O)Nc3ccccc3F)C2)o1. The molecule has 1 aliphatic rings. The Morgan fingerprint density at radius 1 is 1.32 bits per heavy atom. The normalized spacial score (nSPS) is 17.0. The van der Waals surface area contributed by atoms with Crippen LogP contribution in [0, 0.1) is 11.7 Å². The molecule has 1 atom stereocenters. The number of hydrogen-bond donors (Lipinski definition) is 1. The third-order valence-corrected chi connectivity index (χ3v) is 6.38. The summed E-state index contributed by atoms with van der Waals surface area (Å²) in [6.45, 7) is 2.70. The molecule has 1 fully saturated rings. The highest BCUT2D eigenvalue weighted by Gasteiger charge is 2.22. The van der Waals surface area contributed by atoms with Gasteiger partial charge in [0, 0.05) is 20.0 Å². The number of carbonyl (C=O) groups excluding carboxylic acids is 1. The Kier molecular flexibility index (Phi) is 7.03. The lowest BCUT2D eigenvalue weighted by atomic mass is 9.93. The molecule has 1 saturated heterocycles. The Bertz CT molecular complexity index is 1020. The zero-order valence-corrected chi connectivity index (χ0v) is 18.3. The van der Waals surface area contributed by atoms with Gasteiger partial charge in [-0.15, -0.1) is 10.2 Å². The molecular weight excluding hydrogens is 417 g/mol. The van der Waals surface area contributed by atoms with E-state index in [1.165, 1.54) is 17.8 Å². The van der Waals surface area contributed by atoms with Crippen molar-refractivity contribution in [1.82, 2.24) is 19.7 Å². The minimum atomic E-state index is -0.408. The summed E-state index contributed by atoms with van der Waals surface area (Å²) in [7, 11) is 1.90. The van der Waals surface area contributed by atoms with E-state index < -0.39 is 5.82 Å². The molecule has 0 bridgehead atoms. The van der Waals surface area contributed by atoms with E-state index in [1.54, 1.807) is 24.5 Å². The van der Waals surface area contributed by atoms with Crippen LogP contribution in [-0.2, 0) is 18.4 Å². The molecule has 1 amide bonds. The first-order valence-electron chi connectivity index (χ1n) is 10.4. The molecule has 0 radical (unpaired) electrons. The van der Waals surface area contributed by atoms with Gasteiger partial charge in [-0.05, 0) is 67.8 Å². The molecule has 4 rings (SSSR count). The van der Waals surface area contributed by atoms with Crippen molar-refractivity contribution in [3.63, 3.8) is 0 Å². The van der Waals surface area contributed by atoms with Crippen LogP contribution in [0.25, 0.3) is 0 Å². The number of aromatic nitrogens is 3. The number of rotatable bonds is 8. The molecule has 3 aromatic rings. The van der Waals surface area contributed by atoms with Crippen molar-refractivity contribution in [2.75, 3.05) is 18.4 Å². The van der Waals surface area contributed by atoms with Crippen molar-refractivity contribution in [2.45, 2.75) is 42.5 Å². The van der Waals surface area contributed by atoms with E-state index in [1.807, 2.05) is 23.7 Å². The Hall–Kier alpha value is -2.65. The molecule has 0 saturated carbocycles. The summed E-state index contributed by atoms with van der Waals surface area (Å²) in [4.78, 5) is 14.6. The maximum Gasteiger partial charge on any atom is 0.224 e. The average molecular weight is 444 g/mol. The number of piperidine rings is 1. The van der Waals surface area contributed by atoms with Gasteiger partial charge in [0.05, 0.1) is 12.2 Å². The van der Waals surface area contributed by atoms with Gasteiger partial charge in [0.2, 0.25) is 5.91 Å². The zero-order valence-electron chi connectivity index (χ0n) is 17.5. The van der Waals surface area contributed by atoms with Crippen LogP contribution >= 0.6 is 11.8 Å². The second-order valence-electron chi connectivity index (χ2n) is 7.86. The predicted molar refractivity (Wildman–Crippen MR) is 116 cm³/mol. The second kappa shape index (κ2) is 10.1. The van der Waals surface area contributed by atoms with Crippen LogP contribution < -0.4 is 5.32 Å². The molecule has 0 spiro atoms. The number of nitrogens with one attached hydrogen (secondary N) is 1. The number of amides is 1. The number of anilines is 1. The van der Waals surface area contributed by atoms with Gasteiger partial charge in [0.15, 0.2) is 10.2 Å². The van der Waals surface area contributed by atoms with E-state index in [2.05, 4.69) is 20.4 Å². The Morgan fingerprint density at radius 2 is 2.19 bits per heavy atom. The summed E-state index contributed by atoms with van der Waals surface area (Å²) in [5, 5.41) is 12.2. The Labute approximate surface area is 185 Å². The molecule has 1 aliphatic heterocycles. The van der Waals surface area contributed by atoms with Gasteiger partial charge >= 0.3 is 0 Å². The van der Waals surface area contributed by atoms with Crippen molar-refractivity contribution in [3.05, 3.63) is 54.3 Å². The minimum Gasteiger partial charge on any atom is -0.453 e. The number of hydrogen-bond acceptors (Lipinski definition) is 6. The highest BCUT2D eigenvalue weighted by atomic mass is 32.2. The van der Waals surface area contributed by atoms with Crippen LogP contribution in [0.15, 0.2) is 57.4 Å². The lowest BCUT2D eigenvalue weighted by Gasteiger charge is -2.32. The average Bonchev–Trinajstić information content (AvgIpc) is 3.37. The summed E-state index contributed by atoms with van der Waals surface area (Å²) in [5.41, 5.74) is 0.241. The molecule has 1 aromatic carbocycles. The summed E-state index contributed by atoms with van der Waals surface area (Å²) >= 11 is 1.45. The van der Waals surface area contributed by atoms with Crippen LogP contribution in [0.5, 0.6) is 0 Å². The van der Waals surface area contributed by atoms with Gasteiger partial charge in [-0.3, -0.25) is 9.69 Å². The van der Waals surface area contributed by atoms with Crippen LogP contribution in [0.4, 0.5) is 10.1 Å². The van der Waals surface area contributed by atoms with Crippen LogP contribution in [0.1, 0.15) is 31.4 Å². The van der Waals surface area contributed by atoms with E-state index in [0.29, 0.717) is 12.3 Å². The van der Waals surface area contributed by atoms with Crippen molar-refractivity contribution < 1.29 is 13.6 Å². The number of para-hydroxylation sites is 1. The van der Waals surface area contributed by atoms with Gasteiger partial charge in [-0.2, -0.15) is 0 Å². The lowest BCUT2D eigenvalue weighted by Crippen LogP contribution is -2.35. The highest BCUT2D eigenvalue weighted by molar-refractivity contribution is 7.99. The van der Waals surface area contributed by atoms with Crippen molar-refractivity contribution in [2.24, 2.45) is 13.0 Å². The molecule has 31 heavy (non-hydrogen) atoms. The molecule has 1 N–H and O–H groups in total. The summed E-state index contributed by atoms with van der Waals surface area (Å²) in [6.07, 6.45) is 5.06. The van der Waals surface area contributed by atoms with Gasteiger partial charge in [0.25, 0.3) is 0 Å². The maximum atomic E-state index is 13.7. The molecule has 7 nitrogen and oxygen atoms in total. The molecule has 1 unspecified atom stereocenters. The van der Waals surface area contributed by atoms with Crippen molar-refractivity contribution in [1.29, 1.82) is 0 Å². The molecule has 0 aliphatic carbocycles. The molecule has 3 heterocycles. The largest absolute Gasteiger partial charge is 0.453 e. The first-order valence-corrected chi connectivity index (χ1v) is 11.3. The Morgan fingerprint density at radius 3 is 3.00 bits per heavy atom. The number of likely N-dealkylation sites (tertiary alicyclic amines) is 1. The molecule has 9 heteroatoms. The highest BCUT2D eigenvalue weighted by Crippen LogP contribution is 2.29. The third-order valence-electron chi connectivity index (χ3n) is 5.41. The number of benzene rings is 1. The van der Waals surface area contributed by atoms with Gasteiger partial charge in [-0.25, -0.2) is 4.39 Å². The molecule has 2 aromatic heterocycles. The first-order chi connectivity index (χ1) is 15.1. The third kappa shape index (κ3) is 5.95. The first kappa shape index (κ1) is 21.6. The van der Waals surface area contributed by atoms with Crippen LogP contribution in [0.3, 0.4) is 0 Å². The maximum absolute atomic E-state index is 13.7. The zero-order chi connectivity index (χ0) is 21.6. The van der Waals surface area contributed by atoms with Crippen LogP contribution in [-0.4, -0.2) is 38.7 Å². The van der Waals surface area contributed by atoms with E-state index in [-0.39, 0.29) is 11.6 Å². The number of halogens is 1. The Balaban J connectivity index is 1.24. The fraction of sp³-hybridized carbons (Fsp3) is 0.409. The molecular formula is C22H26FN5O2S. The number of carbonyl (C=O) groups is 1. The van der Waals surface area contributed by atoms with Crippen molar-refractivity contribution >= 4 is 23.4 Å².